The molecule has 0 aliphatic rings. The van der Waals surface area contributed by atoms with Crippen molar-refractivity contribution in [1.82, 2.24) is 5.32 Å². The van der Waals surface area contributed by atoms with Gasteiger partial charge in [0.05, 0.1) is 0 Å². The van der Waals surface area contributed by atoms with Gasteiger partial charge in [-0.05, 0) is 61.9 Å². The van der Waals surface area contributed by atoms with E-state index in [1.807, 2.05) is 6.07 Å². The summed E-state index contributed by atoms with van der Waals surface area (Å²) < 4.78 is 13.3. The van der Waals surface area contributed by atoms with Gasteiger partial charge in [-0.25, -0.2) is 4.39 Å². The first-order chi connectivity index (χ1) is 8.85. The summed E-state index contributed by atoms with van der Waals surface area (Å²) in [5.41, 5.74) is 2.00. The molecule has 1 aromatic rings. The lowest BCUT2D eigenvalue weighted by molar-refractivity contribution is 0.303. The van der Waals surface area contributed by atoms with Crippen molar-refractivity contribution in [3.8, 4) is 0 Å². The minimum Gasteiger partial charge on any atom is -0.317 e. The first kappa shape index (κ1) is 16.5. The van der Waals surface area contributed by atoms with Gasteiger partial charge in [0.25, 0.3) is 0 Å². The third-order valence-electron chi connectivity index (χ3n) is 3.63. The maximum atomic E-state index is 13.3. The Morgan fingerprint density at radius 2 is 1.95 bits per heavy atom. The van der Waals surface area contributed by atoms with Gasteiger partial charge < -0.3 is 5.32 Å². The van der Waals surface area contributed by atoms with E-state index in [0.29, 0.717) is 10.6 Å². The highest BCUT2D eigenvalue weighted by Gasteiger charge is 2.18. The van der Waals surface area contributed by atoms with Crippen LogP contribution in [0.15, 0.2) is 12.1 Å². The van der Waals surface area contributed by atoms with E-state index in [0.717, 1.165) is 37.9 Å². The molecule has 0 saturated heterocycles. The fraction of sp³-hybridized carbons (Fsp3) is 0.625. The summed E-state index contributed by atoms with van der Waals surface area (Å²) in [5.74, 6) is -0.222. The number of halogens is 2. The minimum atomic E-state index is -0.222. The predicted molar refractivity (Wildman–Crippen MR) is 81.4 cm³/mol. The molecule has 0 bridgehead atoms. The normalized spacial score (nSPS) is 11.9. The lowest BCUT2D eigenvalue weighted by Gasteiger charge is -2.25. The molecule has 0 saturated carbocycles. The van der Waals surface area contributed by atoms with Crippen molar-refractivity contribution >= 4 is 11.6 Å². The monoisotopic (exact) mass is 285 g/mol. The van der Waals surface area contributed by atoms with Crippen LogP contribution in [0.5, 0.6) is 0 Å². The number of rotatable bonds is 7. The highest BCUT2D eigenvalue weighted by Crippen LogP contribution is 2.29. The molecule has 0 aliphatic carbocycles. The Bertz CT molecular complexity index is 415. The van der Waals surface area contributed by atoms with E-state index in [2.05, 4.69) is 26.1 Å². The molecule has 1 aromatic carbocycles. The zero-order valence-electron chi connectivity index (χ0n) is 12.4. The molecule has 0 atom stereocenters. The summed E-state index contributed by atoms with van der Waals surface area (Å²) in [6.45, 7) is 10.5. The van der Waals surface area contributed by atoms with E-state index in [9.17, 15) is 4.39 Å². The molecule has 19 heavy (non-hydrogen) atoms. The van der Waals surface area contributed by atoms with Crippen molar-refractivity contribution < 1.29 is 4.39 Å². The van der Waals surface area contributed by atoms with Crippen LogP contribution in [0.3, 0.4) is 0 Å². The van der Waals surface area contributed by atoms with Crippen molar-refractivity contribution in [2.24, 2.45) is 5.41 Å². The number of benzene rings is 1. The fourth-order valence-corrected chi connectivity index (χ4v) is 2.36. The average molecular weight is 286 g/mol. The molecular weight excluding hydrogens is 261 g/mol. The largest absolute Gasteiger partial charge is 0.317 e. The molecule has 3 heteroatoms. The van der Waals surface area contributed by atoms with Crippen LogP contribution in [0.2, 0.25) is 5.02 Å². The summed E-state index contributed by atoms with van der Waals surface area (Å²) in [7, 11) is 0. The average Bonchev–Trinajstić information content (AvgIpc) is 2.32. The molecule has 0 radical (unpaired) electrons. The van der Waals surface area contributed by atoms with Crippen molar-refractivity contribution in [2.75, 3.05) is 13.1 Å². The molecule has 1 rings (SSSR count). The number of aryl methyl sites for hydroxylation is 2. The summed E-state index contributed by atoms with van der Waals surface area (Å²) in [6, 6.07) is 3.30. The summed E-state index contributed by atoms with van der Waals surface area (Å²) in [4.78, 5) is 0. The third-order valence-corrected chi connectivity index (χ3v) is 3.98. The topological polar surface area (TPSA) is 12.0 Å². The molecule has 0 aliphatic heterocycles. The Hall–Kier alpha value is -0.600. The van der Waals surface area contributed by atoms with Crippen molar-refractivity contribution in [2.45, 2.75) is 47.0 Å². The van der Waals surface area contributed by atoms with Crippen LogP contribution in [-0.4, -0.2) is 13.1 Å². The van der Waals surface area contributed by atoms with Crippen LogP contribution in [-0.2, 0) is 6.42 Å². The lowest BCUT2D eigenvalue weighted by atomic mass is 9.83. The van der Waals surface area contributed by atoms with Crippen LogP contribution in [0.4, 0.5) is 4.39 Å². The SMILES string of the molecule is CCNCCC(C)(C)CCc1cc(C)c(F)cc1Cl. The zero-order chi connectivity index (χ0) is 14.5. The molecule has 0 amide bonds. The maximum Gasteiger partial charge on any atom is 0.127 e. The second-order valence-electron chi connectivity index (χ2n) is 5.96. The second kappa shape index (κ2) is 7.25. The van der Waals surface area contributed by atoms with Crippen LogP contribution < -0.4 is 5.32 Å². The summed E-state index contributed by atoms with van der Waals surface area (Å²) in [5, 5.41) is 3.90. The lowest BCUT2D eigenvalue weighted by Crippen LogP contribution is -2.22. The molecule has 1 N–H and O–H groups in total. The van der Waals surface area contributed by atoms with Gasteiger partial charge in [-0.1, -0.05) is 38.4 Å². The maximum absolute atomic E-state index is 13.3. The van der Waals surface area contributed by atoms with Crippen LogP contribution >= 0.6 is 11.6 Å². The molecule has 0 unspecified atom stereocenters. The van der Waals surface area contributed by atoms with Gasteiger partial charge in [0.15, 0.2) is 0 Å². The first-order valence-electron chi connectivity index (χ1n) is 7.01. The summed E-state index contributed by atoms with van der Waals surface area (Å²) >= 11 is 6.10. The van der Waals surface area contributed by atoms with Crippen LogP contribution in [0, 0.1) is 18.2 Å². The van der Waals surface area contributed by atoms with Crippen molar-refractivity contribution in [1.29, 1.82) is 0 Å². The second-order valence-corrected chi connectivity index (χ2v) is 6.37. The number of nitrogens with one attached hydrogen (secondary N) is 1. The van der Waals surface area contributed by atoms with Gasteiger partial charge in [0.1, 0.15) is 5.82 Å². The fourth-order valence-electron chi connectivity index (χ4n) is 2.11. The number of hydrogen-bond acceptors (Lipinski definition) is 1. The van der Waals surface area contributed by atoms with E-state index >= 15 is 0 Å². The quantitative estimate of drug-likeness (QED) is 0.713. The summed E-state index contributed by atoms with van der Waals surface area (Å²) in [6.07, 6.45) is 3.10. The Labute approximate surface area is 121 Å². The van der Waals surface area contributed by atoms with Crippen LogP contribution in [0.25, 0.3) is 0 Å². The highest BCUT2D eigenvalue weighted by molar-refractivity contribution is 6.31. The van der Waals surface area contributed by atoms with Crippen molar-refractivity contribution in [3.05, 3.63) is 34.1 Å². The Morgan fingerprint density at radius 1 is 1.26 bits per heavy atom. The Kier molecular flexibility index (Phi) is 6.28. The van der Waals surface area contributed by atoms with Gasteiger partial charge >= 0.3 is 0 Å². The van der Waals surface area contributed by atoms with E-state index in [-0.39, 0.29) is 11.2 Å². The molecule has 0 spiro atoms. The van der Waals surface area contributed by atoms with Gasteiger partial charge in [-0.3, -0.25) is 0 Å². The Balaban J connectivity index is 2.58. The molecule has 0 aromatic heterocycles. The molecule has 0 heterocycles. The minimum absolute atomic E-state index is 0.222. The standard InChI is InChI=1S/C16H25ClFN/c1-5-19-9-8-16(3,4)7-6-13-10-12(2)15(18)11-14(13)17/h10-11,19H,5-9H2,1-4H3. The molecule has 108 valence electrons. The molecule has 0 fully saturated rings. The smallest absolute Gasteiger partial charge is 0.127 e. The highest BCUT2D eigenvalue weighted by atomic mass is 35.5. The molecule has 1 nitrogen and oxygen atoms in total. The third kappa shape index (κ3) is 5.50. The van der Waals surface area contributed by atoms with E-state index in [1.54, 1.807) is 6.92 Å². The van der Waals surface area contributed by atoms with E-state index in [1.165, 1.54) is 6.07 Å². The van der Waals surface area contributed by atoms with Gasteiger partial charge in [-0.2, -0.15) is 0 Å². The predicted octanol–water partition coefficient (Wildman–Crippen LogP) is 4.75. The van der Waals surface area contributed by atoms with Gasteiger partial charge in [0.2, 0.25) is 0 Å². The van der Waals surface area contributed by atoms with Crippen molar-refractivity contribution in [3.63, 3.8) is 0 Å². The van der Waals surface area contributed by atoms with E-state index < -0.39 is 0 Å². The zero-order valence-corrected chi connectivity index (χ0v) is 13.2. The van der Waals surface area contributed by atoms with Crippen LogP contribution in [0.1, 0.15) is 44.7 Å². The first-order valence-corrected chi connectivity index (χ1v) is 7.39. The molecular formula is C16H25ClFN. The van der Waals surface area contributed by atoms with Gasteiger partial charge in [-0.15, -0.1) is 0 Å². The number of hydrogen-bond donors (Lipinski definition) is 1. The van der Waals surface area contributed by atoms with Gasteiger partial charge in [0, 0.05) is 5.02 Å². The van der Waals surface area contributed by atoms with E-state index in [4.69, 9.17) is 11.6 Å². The Morgan fingerprint density at radius 3 is 2.58 bits per heavy atom.